The third-order valence-electron chi connectivity index (χ3n) is 2.59. The number of rotatable bonds is 6. The number of nitrogens with one attached hydrogen (secondary N) is 1. The maximum absolute atomic E-state index is 10.5. The monoisotopic (exact) mass is 261 g/mol. The van der Waals surface area contributed by atoms with Gasteiger partial charge >= 0.3 is 5.97 Å². The molecule has 0 bridgehead atoms. The largest absolute Gasteiger partial charge is 0.481 e. The highest BCUT2D eigenvalue weighted by molar-refractivity contribution is 7.09. The van der Waals surface area contributed by atoms with Gasteiger partial charge in [0, 0.05) is 18.0 Å². The first-order chi connectivity index (χ1) is 8.74. The van der Waals surface area contributed by atoms with E-state index in [2.05, 4.69) is 16.8 Å². The zero-order valence-corrected chi connectivity index (χ0v) is 10.7. The number of carboxylic acid groups (broad SMARTS) is 1. The second kappa shape index (κ2) is 6.33. The van der Waals surface area contributed by atoms with Crippen LogP contribution >= 0.6 is 11.3 Å². The van der Waals surface area contributed by atoms with Gasteiger partial charge in [0.25, 0.3) is 0 Å². The molecule has 2 N–H and O–H groups in total. The van der Waals surface area contributed by atoms with E-state index in [1.165, 1.54) is 10.4 Å². The quantitative estimate of drug-likeness (QED) is 0.840. The van der Waals surface area contributed by atoms with Crippen molar-refractivity contribution in [1.29, 1.82) is 0 Å². The van der Waals surface area contributed by atoms with Crippen molar-refractivity contribution >= 4 is 17.3 Å². The van der Waals surface area contributed by atoms with Gasteiger partial charge in [-0.1, -0.05) is 30.3 Å². The molecule has 0 unspecified atom stereocenters. The summed E-state index contributed by atoms with van der Waals surface area (Å²) in [4.78, 5) is 11.9. The van der Waals surface area contributed by atoms with Crippen molar-refractivity contribution in [2.24, 2.45) is 0 Å². The van der Waals surface area contributed by atoms with E-state index >= 15 is 0 Å². The number of thiophene rings is 1. The Morgan fingerprint density at radius 3 is 2.44 bits per heavy atom. The molecule has 3 nitrogen and oxygen atoms in total. The van der Waals surface area contributed by atoms with Crippen LogP contribution in [0.15, 0.2) is 41.8 Å². The van der Waals surface area contributed by atoms with Gasteiger partial charge in [-0.15, -0.1) is 11.3 Å². The number of carbonyl (C=O) groups is 1. The SMILES string of the molecule is O=C(O)Cc1ccc(CNCc2cccs2)cc1. The predicted octanol–water partition coefficient (Wildman–Crippen LogP) is 2.67. The van der Waals surface area contributed by atoms with Crippen molar-refractivity contribution in [2.45, 2.75) is 19.5 Å². The third-order valence-corrected chi connectivity index (χ3v) is 3.46. The van der Waals surface area contributed by atoms with Crippen LogP contribution in [0, 0.1) is 0 Å². The van der Waals surface area contributed by atoms with Crippen LogP contribution in [-0.2, 0) is 24.3 Å². The fraction of sp³-hybridized carbons (Fsp3) is 0.214. The van der Waals surface area contributed by atoms with Gasteiger partial charge in [-0.3, -0.25) is 4.79 Å². The van der Waals surface area contributed by atoms with Gasteiger partial charge in [-0.25, -0.2) is 0 Å². The first-order valence-corrected chi connectivity index (χ1v) is 6.65. The molecule has 1 heterocycles. The maximum atomic E-state index is 10.5. The summed E-state index contributed by atoms with van der Waals surface area (Å²) < 4.78 is 0. The second-order valence-corrected chi connectivity index (χ2v) is 5.10. The van der Waals surface area contributed by atoms with Gasteiger partial charge in [-0.2, -0.15) is 0 Å². The molecular weight excluding hydrogens is 246 g/mol. The Hall–Kier alpha value is -1.65. The van der Waals surface area contributed by atoms with Gasteiger partial charge in [-0.05, 0) is 22.6 Å². The number of carboxylic acids is 1. The van der Waals surface area contributed by atoms with Gasteiger partial charge in [0.2, 0.25) is 0 Å². The molecule has 0 saturated carbocycles. The minimum Gasteiger partial charge on any atom is -0.481 e. The van der Waals surface area contributed by atoms with E-state index in [0.29, 0.717) is 0 Å². The van der Waals surface area contributed by atoms with Gasteiger partial charge in [0.1, 0.15) is 0 Å². The second-order valence-electron chi connectivity index (χ2n) is 4.07. The molecule has 0 aliphatic carbocycles. The van der Waals surface area contributed by atoms with Crippen LogP contribution < -0.4 is 5.32 Å². The molecule has 0 aliphatic heterocycles. The normalized spacial score (nSPS) is 10.4. The van der Waals surface area contributed by atoms with Crippen molar-refractivity contribution in [3.05, 3.63) is 57.8 Å². The Bertz CT molecular complexity index is 491. The topological polar surface area (TPSA) is 49.3 Å². The van der Waals surface area contributed by atoms with Crippen molar-refractivity contribution in [2.75, 3.05) is 0 Å². The zero-order chi connectivity index (χ0) is 12.8. The number of hydrogen-bond acceptors (Lipinski definition) is 3. The summed E-state index contributed by atoms with van der Waals surface area (Å²) in [5, 5.41) is 14.1. The Balaban J connectivity index is 1.81. The minimum absolute atomic E-state index is 0.0862. The van der Waals surface area contributed by atoms with Gasteiger partial charge in [0.05, 0.1) is 6.42 Å². The molecule has 0 spiro atoms. The molecule has 0 fully saturated rings. The molecule has 0 amide bonds. The fourth-order valence-electron chi connectivity index (χ4n) is 1.69. The summed E-state index contributed by atoms with van der Waals surface area (Å²) in [5.74, 6) is -0.793. The van der Waals surface area contributed by atoms with Gasteiger partial charge < -0.3 is 10.4 Å². The lowest BCUT2D eigenvalue weighted by Crippen LogP contribution is -2.11. The third kappa shape index (κ3) is 3.98. The summed E-state index contributed by atoms with van der Waals surface area (Å²) in [6, 6.07) is 11.8. The molecule has 4 heteroatoms. The van der Waals surface area contributed by atoms with E-state index in [4.69, 9.17) is 5.11 Å². The minimum atomic E-state index is -0.793. The molecule has 0 radical (unpaired) electrons. The Morgan fingerprint density at radius 1 is 1.11 bits per heavy atom. The Morgan fingerprint density at radius 2 is 1.83 bits per heavy atom. The highest BCUT2D eigenvalue weighted by Crippen LogP contribution is 2.09. The van der Waals surface area contributed by atoms with E-state index in [-0.39, 0.29) is 6.42 Å². The van der Waals surface area contributed by atoms with Crippen LogP contribution in [0.2, 0.25) is 0 Å². The van der Waals surface area contributed by atoms with Crippen molar-refractivity contribution in [3.8, 4) is 0 Å². The van der Waals surface area contributed by atoms with E-state index in [1.807, 2.05) is 30.3 Å². The summed E-state index contributed by atoms with van der Waals surface area (Å²) in [5.41, 5.74) is 2.00. The summed E-state index contributed by atoms with van der Waals surface area (Å²) >= 11 is 1.74. The standard InChI is InChI=1S/C14H15NO2S/c16-14(17)8-11-3-5-12(6-4-11)9-15-10-13-2-1-7-18-13/h1-7,15H,8-10H2,(H,16,17). The molecule has 0 atom stereocenters. The first kappa shape index (κ1) is 12.8. The highest BCUT2D eigenvalue weighted by Gasteiger charge is 2.00. The van der Waals surface area contributed by atoms with Crippen LogP contribution in [0.5, 0.6) is 0 Å². The van der Waals surface area contributed by atoms with E-state index in [1.54, 1.807) is 11.3 Å². The molecular formula is C14H15NO2S. The zero-order valence-electron chi connectivity index (χ0n) is 9.93. The van der Waals surface area contributed by atoms with E-state index in [9.17, 15) is 4.79 Å². The number of hydrogen-bond donors (Lipinski definition) is 2. The number of benzene rings is 1. The summed E-state index contributed by atoms with van der Waals surface area (Å²) in [6.45, 7) is 1.67. The molecule has 1 aromatic carbocycles. The smallest absolute Gasteiger partial charge is 0.307 e. The lowest BCUT2D eigenvalue weighted by atomic mass is 10.1. The molecule has 0 saturated heterocycles. The Kier molecular flexibility index (Phi) is 4.50. The van der Waals surface area contributed by atoms with Crippen molar-refractivity contribution in [3.63, 3.8) is 0 Å². The van der Waals surface area contributed by atoms with E-state index in [0.717, 1.165) is 18.7 Å². The van der Waals surface area contributed by atoms with Gasteiger partial charge in [0.15, 0.2) is 0 Å². The lowest BCUT2D eigenvalue weighted by molar-refractivity contribution is -0.136. The van der Waals surface area contributed by atoms with E-state index < -0.39 is 5.97 Å². The molecule has 2 rings (SSSR count). The Labute approximate surface area is 110 Å². The van der Waals surface area contributed by atoms with Crippen LogP contribution in [0.4, 0.5) is 0 Å². The highest BCUT2D eigenvalue weighted by atomic mass is 32.1. The van der Waals surface area contributed by atoms with Crippen LogP contribution in [0.25, 0.3) is 0 Å². The van der Waals surface area contributed by atoms with Crippen LogP contribution in [0.3, 0.4) is 0 Å². The van der Waals surface area contributed by atoms with Crippen LogP contribution in [0.1, 0.15) is 16.0 Å². The van der Waals surface area contributed by atoms with Crippen LogP contribution in [-0.4, -0.2) is 11.1 Å². The molecule has 1 aromatic heterocycles. The average Bonchev–Trinajstić information content (AvgIpc) is 2.84. The summed E-state index contributed by atoms with van der Waals surface area (Å²) in [6.07, 6.45) is 0.0862. The summed E-state index contributed by atoms with van der Waals surface area (Å²) in [7, 11) is 0. The van der Waals surface area contributed by atoms with Crippen molar-refractivity contribution < 1.29 is 9.90 Å². The van der Waals surface area contributed by atoms with Crippen molar-refractivity contribution in [1.82, 2.24) is 5.32 Å². The lowest BCUT2D eigenvalue weighted by Gasteiger charge is -2.04. The molecule has 0 aliphatic rings. The fourth-order valence-corrected chi connectivity index (χ4v) is 2.37. The molecule has 2 aromatic rings. The maximum Gasteiger partial charge on any atom is 0.307 e. The average molecular weight is 261 g/mol. The number of aliphatic carboxylic acids is 1. The predicted molar refractivity (Wildman–Crippen MR) is 72.6 cm³/mol. The molecule has 18 heavy (non-hydrogen) atoms. The molecule has 94 valence electrons. The first-order valence-electron chi connectivity index (χ1n) is 5.77.